The summed E-state index contributed by atoms with van der Waals surface area (Å²) in [5, 5.41) is 12.5. The van der Waals surface area contributed by atoms with Gasteiger partial charge >= 0.3 is 0 Å². The minimum absolute atomic E-state index is 0.0132. The number of nitrogens with one attached hydrogen (secondary N) is 1. The van der Waals surface area contributed by atoms with Gasteiger partial charge in [-0.2, -0.15) is 0 Å². The van der Waals surface area contributed by atoms with Gasteiger partial charge in [0, 0.05) is 87.8 Å². The van der Waals surface area contributed by atoms with Gasteiger partial charge in [-0.3, -0.25) is 24.6 Å². The summed E-state index contributed by atoms with van der Waals surface area (Å²) in [6.45, 7) is 8.05. The first kappa shape index (κ1) is 37.1. The Hall–Kier alpha value is -5.49. The second-order valence-electron chi connectivity index (χ2n) is 16.3. The maximum absolute atomic E-state index is 16.1. The molecule has 2 N–H and O–H groups in total. The van der Waals surface area contributed by atoms with Crippen molar-refractivity contribution >= 4 is 29.1 Å². The Bertz CT molecular complexity index is 2230. The van der Waals surface area contributed by atoms with E-state index in [9.17, 15) is 19.5 Å². The number of benzene rings is 4. The molecule has 296 valence electrons. The monoisotopic (exact) mass is 775 g/mol. The lowest BCUT2D eigenvalue weighted by molar-refractivity contribution is -0.136. The van der Waals surface area contributed by atoms with Crippen LogP contribution in [0, 0.1) is 24.5 Å². The van der Waals surface area contributed by atoms with Crippen molar-refractivity contribution in [1.82, 2.24) is 15.1 Å². The molecule has 3 fully saturated rings. The molecule has 0 spiro atoms. The van der Waals surface area contributed by atoms with E-state index >= 15 is 8.78 Å². The van der Waals surface area contributed by atoms with E-state index in [0.29, 0.717) is 48.3 Å². The smallest absolute Gasteiger partial charge is 0.255 e. The van der Waals surface area contributed by atoms with Crippen LogP contribution in [0.25, 0.3) is 0 Å². The van der Waals surface area contributed by atoms with Crippen LogP contribution in [0.4, 0.5) is 20.2 Å². The standard InChI is InChI=1S/C45H47F2N5O5/c1-27-3-2-4-29(19-27)35-26-57-41-22-32(53)6-7-33(41)43(35)30-5-8-38(36(46)20-30)50-13-11-28(12-14-50)24-49-15-17-51(18-16-49)40-21-31-25-52(45(56)34(31)23-37(40)47)39-9-10-42(54)48-44(39)55/h2-8,19-23,28,35,39,43,53H,9-18,24-26H2,1H3,(H,48,54,55)/t35?,39?,43-/m1/s1. The largest absolute Gasteiger partial charge is 0.508 e. The molecule has 0 radical (unpaired) electrons. The number of halogens is 2. The van der Waals surface area contributed by atoms with E-state index in [1.54, 1.807) is 24.3 Å². The summed E-state index contributed by atoms with van der Waals surface area (Å²) in [6.07, 6.45) is 2.33. The first-order valence-electron chi connectivity index (χ1n) is 20.1. The zero-order chi connectivity index (χ0) is 39.4. The van der Waals surface area contributed by atoms with Gasteiger partial charge in [-0.15, -0.1) is 0 Å². The van der Waals surface area contributed by atoms with Crippen molar-refractivity contribution in [3.05, 3.63) is 118 Å². The van der Waals surface area contributed by atoms with Crippen LogP contribution in [0.1, 0.15) is 75.7 Å². The van der Waals surface area contributed by atoms with E-state index in [-0.39, 0.29) is 60.2 Å². The van der Waals surface area contributed by atoms with Gasteiger partial charge in [0.2, 0.25) is 11.8 Å². The molecule has 57 heavy (non-hydrogen) atoms. The van der Waals surface area contributed by atoms with E-state index < -0.39 is 17.8 Å². The van der Waals surface area contributed by atoms with Crippen molar-refractivity contribution in [3.63, 3.8) is 0 Å². The molecule has 0 aliphatic carbocycles. The number of rotatable bonds is 7. The van der Waals surface area contributed by atoms with E-state index in [1.165, 1.54) is 11.0 Å². The van der Waals surface area contributed by atoms with Crippen LogP contribution in [0.2, 0.25) is 0 Å². The van der Waals surface area contributed by atoms with Gasteiger partial charge in [-0.25, -0.2) is 8.78 Å². The summed E-state index contributed by atoms with van der Waals surface area (Å²) in [4.78, 5) is 45.3. The lowest BCUT2D eigenvalue weighted by atomic mass is 9.75. The Morgan fingerprint density at radius 2 is 1.58 bits per heavy atom. The van der Waals surface area contributed by atoms with Gasteiger partial charge in [0.25, 0.3) is 5.91 Å². The molecular formula is C45H47F2N5O5. The molecule has 5 aliphatic heterocycles. The van der Waals surface area contributed by atoms with Crippen molar-refractivity contribution in [2.45, 2.75) is 57.0 Å². The molecular weight excluding hydrogens is 729 g/mol. The third-order valence-corrected chi connectivity index (χ3v) is 12.7. The normalized spacial score (nSPS) is 23.0. The topological polar surface area (TPSA) is 106 Å². The number of ether oxygens (including phenoxy) is 1. The molecule has 0 saturated carbocycles. The van der Waals surface area contributed by atoms with Gasteiger partial charge in [-0.1, -0.05) is 42.0 Å². The zero-order valence-electron chi connectivity index (χ0n) is 32.1. The summed E-state index contributed by atoms with van der Waals surface area (Å²) in [6, 6.07) is 21.6. The van der Waals surface area contributed by atoms with Crippen LogP contribution in [-0.2, 0) is 16.1 Å². The van der Waals surface area contributed by atoms with Crippen LogP contribution >= 0.6 is 0 Å². The highest BCUT2D eigenvalue weighted by Crippen LogP contribution is 2.47. The Morgan fingerprint density at radius 1 is 0.807 bits per heavy atom. The van der Waals surface area contributed by atoms with E-state index in [1.807, 2.05) is 23.1 Å². The Balaban J connectivity index is 0.808. The molecule has 4 aromatic carbocycles. The number of anilines is 2. The lowest BCUT2D eigenvalue weighted by Gasteiger charge is -2.40. The predicted octanol–water partition coefficient (Wildman–Crippen LogP) is 6.09. The lowest BCUT2D eigenvalue weighted by Crippen LogP contribution is -2.52. The van der Waals surface area contributed by atoms with Crippen molar-refractivity contribution in [2.24, 2.45) is 5.92 Å². The fraction of sp³-hybridized carbons (Fsp3) is 0.400. The molecule has 5 aliphatic rings. The number of phenols is 1. The number of aryl methyl sites for hydroxylation is 1. The number of nitrogens with zero attached hydrogens (tertiary/aromatic N) is 4. The third-order valence-electron chi connectivity index (χ3n) is 12.7. The summed E-state index contributed by atoms with van der Waals surface area (Å²) >= 11 is 0. The average molecular weight is 776 g/mol. The second kappa shape index (κ2) is 15.1. The first-order valence-corrected chi connectivity index (χ1v) is 20.1. The van der Waals surface area contributed by atoms with Crippen LogP contribution in [0.15, 0.2) is 72.8 Å². The van der Waals surface area contributed by atoms with Crippen LogP contribution in [0.5, 0.6) is 11.5 Å². The quantitative estimate of drug-likeness (QED) is 0.218. The summed E-state index contributed by atoms with van der Waals surface area (Å²) in [7, 11) is 0. The molecule has 5 heterocycles. The minimum Gasteiger partial charge on any atom is -0.508 e. The fourth-order valence-corrected chi connectivity index (χ4v) is 9.68. The number of piperazine rings is 1. The number of hydrogen-bond donors (Lipinski definition) is 2. The molecule has 10 nitrogen and oxygen atoms in total. The molecule has 9 rings (SSSR count). The Kier molecular flexibility index (Phi) is 9.84. The van der Waals surface area contributed by atoms with Crippen LogP contribution < -0.4 is 19.9 Å². The highest BCUT2D eigenvalue weighted by atomic mass is 19.1. The van der Waals surface area contributed by atoms with Gasteiger partial charge in [0.1, 0.15) is 29.2 Å². The third kappa shape index (κ3) is 7.20. The van der Waals surface area contributed by atoms with Gasteiger partial charge in [0.05, 0.1) is 18.0 Å². The predicted molar refractivity (Wildman–Crippen MR) is 212 cm³/mol. The molecule has 3 atom stereocenters. The molecule has 12 heteroatoms. The molecule has 3 amide bonds. The minimum atomic E-state index is -0.736. The number of carbonyl (C=O) groups excluding carboxylic acids is 3. The number of amides is 3. The van der Waals surface area contributed by atoms with Crippen molar-refractivity contribution < 1.29 is 33.0 Å². The van der Waals surface area contributed by atoms with E-state index in [4.69, 9.17) is 4.74 Å². The number of aromatic hydroxyl groups is 1. The number of imide groups is 1. The van der Waals surface area contributed by atoms with E-state index in [0.717, 1.165) is 67.8 Å². The number of hydrogen-bond acceptors (Lipinski definition) is 8. The summed E-state index contributed by atoms with van der Waals surface area (Å²) in [5.41, 5.74) is 6.18. The van der Waals surface area contributed by atoms with Crippen molar-refractivity contribution in [1.29, 1.82) is 0 Å². The number of phenolic OH excluding ortho intramolecular Hbond substituents is 1. The maximum atomic E-state index is 16.1. The second-order valence-corrected chi connectivity index (χ2v) is 16.3. The molecule has 0 aromatic heterocycles. The average Bonchev–Trinajstić information content (AvgIpc) is 3.51. The van der Waals surface area contributed by atoms with E-state index in [2.05, 4.69) is 46.3 Å². The Morgan fingerprint density at radius 3 is 2.33 bits per heavy atom. The van der Waals surface area contributed by atoms with Crippen LogP contribution in [-0.4, -0.2) is 91.1 Å². The summed E-state index contributed by atoms with van der Waals surface area (Å²) < 4.78 is 37.7. The maximum Gasteiger partial charge on any atom is 0.255 e. The number of piperidine rings is 2. The highest BCUT2D eigenvalue weighted by Gasteiger charge is 2.40. The highest BCUT2D eigenvalue weighted by molar-refractivity contribution is 6.05. The molecule has 0 bridgehead atoms. The molecule has 3 saturated heterocycles. The fourth-order valence-electron chi connectivity index (χ4n) is 9.68. The SMILES string of the molecule is Cc1cccc(C2COc3cc(O)ccc3[C@H]2c2ccc(N3CCC(CN4CCN(c5cc6c(cc5F)C(=O)N(C5CCC(=O)NC5=O)C6)CC4)CC3)c(F)c2)c1. The van der Waals surface area contributed by atoms with Crippen LogP contribution in [0.3, 0.4) is 0 Å². The zero-order valence-corrected chi connectivity index (χ0v) is 32.1. The van der Waals surface area contributed by atoms with Crippen molar-refractivity contribution in [2.75, 3.05) is 62.2 Å². The molecule has 2 unspecified atom stereocenters. The number of carbonyl (C=O) groups is 3. The van der Waals surface area contributed by atoms with Gasteiger partial charge < -0.3 is 24.5 Å². The van der Waals surface area contributed by atoms with Gasteiger partial charge in [-0.05, 0) is 79.1 Å². The van der Waals surface area contributed by atoms with Crippen molar-refractivity contribution in [3.8, 4) is 11.5 Å². The molecule has 4 aromatic rings. The first-order chi connectivity index (χ1) is 27.6. The van der Waals surface area contributed by atoms with Gasteiger partial charge in [0.15, 0.2) is 0 Å². The Labute approximate surface area is 331 Å². The number of fused-ring (bicyclic) bond motifs is 2. The summed E-state index contributed by atoms with van der Waals surface area (Å²) in [5.74, 6) is -0.787.